The lowest BCUT2D eigenvalue weighted by molar-refractivity contribution is -0.386. The molecule has 1 aromatic heterocycles. The molecule has 13 heteroatoms. The van der Waals surface area contributed by atoms with Crippen LogP contribution in [0.25, 0.3) is 6.08 Å². The van der Waals surface area contributed by atoms with Gasteiger partial charge in [0, 0.05) is 16.1 Å². The number of nitro groups is 1. The first kappa shape index (κ1) is 27.7. The van der Waals surface area contributed by atoms with Gasteiger partial charge in [0.25, 0.3) is 5.56 Å². The van der Waals surface area contributed by atoms with E-state index in [1.54, 1.807) is 39.0 Å². The van der Waals surface area contributed by atoms with Crippen molar-refractivity contribution in [3.05, 3.63) is 91.5 Å². The Morgan fingerprint density at radius 2 is 2.00 bits per heavy atom. The van der Waals surface area contributed by atoms with Crippen LogP contribution in [0.15, 0.2) is 60.3 Å². The van der Waals surface area contributed by atoms with Crippen molar-refractivity contribution in [2.45, 2.75) is 32.9 Å². The fourth-order valence-electron chi connectivity index (χ4n) is 4.05. The van der Waals surface area contributed by atoms with Crippen molar-refractivity contribution in [2.75, 3.05) is 7.11 Å². The van der Waals surface area contributed by atoms with Gasteiger partial charge in [0.05, 0.1) is 38.4 Å². The molecule has 4 rings (SSSR count). The quantitative estimate of drug-likeness (QED) is 0.235. The number of ether oxygens (including phenoxy) is 2. The Morgan fingerprint density at radius 3 is 2.63 bits per heavy atom. The number of phenolic OH excluding ortho intramolecular Hbond substituents is 1. The smallest absolute Gasteiger partial charge is 0.338 e. The van der Waals surface area contributed by atoms with E-state index >= 15 is 0 Å². The van der Waals surface area contributed by atoms with E-state index in [-0.39, 0.29) is 14.6 Å². The summed E-state index contributed by atoms with van der Waals surface area (Å²) < 4.78 is 13.5. The minimum Gasteiger partial charge on any atom is -0.501 e. The Labute approximate surface area is 237 Å². The first-order valence-electron chi connectivity index (χ1n) is 11.2. The molecule has 0 unspecified atom stereocenters. The number of hydrogen-bond donors (Lipinski definition) is 1. The summed E-state index contributed by atoms with van der Waals surface area (Å²) in [5, 5.41) is 21.4. The number of rotatable bonds is 6. The number of esters is 1. The Morgan fingerprint density at radius 1 is 1.29 bits per heavy atom. The highest BCUT2D eigenvalue weighted by molar-refractivity contribution is 9.10. The summed E-state index contributed by atoms with van der Waals surface area (Å²) in [4.78, 5) is 42.6. The predicted octanol–water partition coefficient (Wildman–Crippen LogP) is 4.33. The fraction of sp³-hybridized carbons (Fsp3) is 0.240. The highest BCUT2D eigenvalue weighted by atomic mass is 79.9. The van der Waals surface area contributed by atoms with E-state index in [1.165, 1.54) is 29.9 Å². The van der Waals surface area contributed by atoms with Gasteiger partial charge in [0.1, 0.15) is 11.8 Å². The number of hydrogen-bond acceptors (Lipinski definition) is 9. The van der Waals surface area contributed by atoms with Gasteiger partial charge in [-0.05, 0) is 72.6 Å². The van der Waals surface area contributed by atoms with Crippen LogP contribution >= 0.6 is 43.2 Å². The fourth-order valence-corrected chi connectivity index (χ4v) is 5.95. The normalized spacial score (nSPS) is 15.3. The van der Waals surface area contributed by atoms with E-state index in [9.17, 15) is 24.8 Å². The van der Waals surface area contributed by atoms with Gasteiger partial charge in [-0.3, -0.25) is 19.5 Å². The number of nitrogens with zero attached hydrogens (tertiary/aromatic N) is 3. The number of methoxy groups -OCH3 is 1. The van der Waals surface area contributed by atoms with Gasteiger partial charge >= 0.3 is 11.7 Å². The summed E-state index contributed by atoms with van der Waals surface area (Å²) in [6.07, 6.45) is 1.07. The van der Waals surface area contributed by atoms with Crippen molar-refractivity contribution in [3.63, 3.8) is 0 Å². The number of phenols is 1. The molecule has 10 nitrogen and oxygen atoms in total. The van der Waals surface area contributed by atoms with Crippen molar-refractivity contribution < 1.29 is 24.3 Å². The maximum absolute atomic E-state index is 13.8. The second-order valence-corrected chi connectivity index (χ2v) is 11.3. The summed E-state index contributed by atoms with van der Waals surface area (Å²) in [5.41, 5.74) is 0.469. The van der Waals surface area contributed by atoms with E-state index in [1.807, 2.05) is 0 Å². The summed E-state index contributed by atoms with van der Waals surface area (Å²) >= 11 is 7.65. The SMILES string of the molecule is COc1ccc(Br)cc1[C@@H]1C(C(=O)OC(C)C)=C(C)N=c2s/c(=C\c3cc(Br)c(O)c([N+](=O)[O-])c3)c(=O)n21. The van der Waals surface area contributed by atoms with Crippen molar-refractivity contribution in [1.82, 2.24) is 4.57 Å². The Balaban J connectivity index is 2.01. The first-order chi connectivity index (χ1) is 17.9. The monoisotopic (exact) mass is 665 g/mol. The summed E-state index contributed by atoms with van der Waals surface area (Å²) in [6.45, 7) is 5.13. The second kappa shape index (κ2) is 10.8. The third-order valence-corrected chi connectivity index (χ3v) is 7.71. The zero-order chi connectivity index (χ0) is 27.9. The zero-order valence-electron chi connectivity index (χ0n) is 20.5. The molecule has 1 atom stereocenters. The highest BCUT2D eigenvalue weighted by Crippen LogP contribution is 2.38. The maximum atomic E-state index is 13.8. The number of carbonyl (C=O) groups excluding carboxylic acids is 1. The van der Waals surface area contributed by atoms with Crippen molar-refractivity contribution >= 4 is 60.9 Å². The minimum absolute atomic E-state index is 0.108. The Kier molecular flexibility index (Phi) is 7.90. The number of halogens is 2. The van der Waals surface area contributed by atoms with Crippen LogP contribution in [-0.2, 0) is 9.53 Å². The molecule has 1 N–H and O–H groups in total. The number of allylic oxidation sites excluding steroid dienone is 1. The van der Waals surface area contributed by atoms with Crippen molar-refractivity contribution in [3.8, 4) is 11.5 Å². The molecule has 0 spiro atoms. The lowest BCUT2D eigenvalue weighted by atomic mass is 9.95. The number of benzene rings is 2. The van der Waals surface area contributed by atoms with Crippen molar-refractivity contribution in [1.29, 1.82) is 0 Å². The molecule has 0 saturated carbocycles. The third-order valence-electron chi connectivity index (χ3n) is 5.63. The maximum Gasteiger partial charge on any atom is 0.338 e. The average molecular weight is 667 g/mol. The second-order valence-electron chi connectivity index (χ2n) is 8.55. The minimum atomic E-state index is -0.909. The summed E-state index contributed by atoms with van der Waals surface area (Å²) in [7, 11) is 1.49. The van der Waals surface area contributed by atoms with Crippen LogP contribution in [0, 0.1) is 10.1 Å². The van der Waals surface area contributed by atoms with Crippen LogP contribution in [0.1, 0.15) is 37.9 Å². The van der Waals surface area contributed by atoms with Gasteiger partial charge in [0.2, 0.25) is 5.75 Å². The Bertz CT molecular complexity index is 1690. The average Bonchev–Trinajstić information content (AvgIpc) is 3.13. The molecule has 0 amide bonds. The van der Waals surface area contributed by atoms with Gasteiger partial charge in [0.15, 0.2) is 4.80 Å². The van der Waals surface area contributed by atoms with Crippen LogP contribution in [0.5, 0.6) is 11.5 Å². The number of aromatic hydroxyl groups is 1. The molecule has 0 fully saturated rings. The molecule has 38 heavy (non-hydrogen) atoms. The van der Waals surface area contributed by atoms with E-state index in [0.29, 0.717) is 31.8 Å². The van der Waals surface area contributed by atoms with Gasteiger partial charge in [-0.15, -0.1) is 0 Å². The van der Waals surface area contributed by atoms with E-state index in [2.05, 4.69) is 36.9 Å². The number of fused-ring (bicyclic) bond motifs is 1. The van der Waals surface area contributed by atoms with E-state index in [0.717, 1.165) is 11.3 Å². The topological polar surface area (TPSA) is 133 Å². The van der Waals surface area contributed by atoms with Crippen LogP contribution in [0.2, 0.25) is 0 Å². The molecule has 0 radical (unpaired) electrons. The molecule has 0 aliphatic carbocycles. The standard InChI is InChI=1S/C25H21Br2N3O7S/c1-11(2)37-24(33)20-12(3)28-25-29(21(20)15-10-14(26)5-6-18(15)36-4)23(32)19(38-25)9-13-7-16(27)22(31)17(8-13)30(34)35/h5-11,21,31H,1-4H3/b19-9-/t21-/m1/s1. The molecule has 2 heterocycles. The van der Waals surface area contributed by atoms with E-state index < -0.39 is 40.0 Å². The van der Waals surface area contributed by atoms with Crippen LogP contribution < -0.4 is 19.6 Å². The highest BCUT2D eigenvalue weighted by Gasteiger charge is 2.35. The Hall–Kier alpha value is -3.29. The number of nitro benzene ring substituents is 1. The molecule has 0 bridgehead atoms. The lowest BCUT2D eigenvalue weighted by Crippen LogP contribution is -2.40. The lowest BCUT2D eigenvalue weighted by Gasteiger charge is -2.26. The molecule has 1 aliphatic rings. The number of carbonyl (C=O) groups is 1. The molecule has 3 aromatic rings. The zero-order valence-corrected chi connectivity index (χ0v) is 24.5. The van der Waals surface area contributed by atoms with E-state index in [4.69, 9.17) is 9.47 Å². The number of aromatic nitrogens is 1. The van der Waals surface area contributed by atoms with Gasteiger partial charge < -0.3 is 14.6 Å². The predicted molar refractivity (Wildman–Crippen MR) is 148 cm³/mol. The molecular weight excluding hydrogens is 646 g/mol. The van der Waals surface area contributed by atoms with Gasteiger partial charge in [-0.1, -0.05) is 27.3 Å². The van der Waals surface area contributed by atoms with Gasteiger partial charge in [-0.2, -0.15) is 0 Å². The van der Waals surface area contributed by atoms with Crippen LogP contribution in [0.3, 0.4) is 0 Å². The summed E-state index contributed by atoms with van der Waals surface area (Å²) in [6, 6.07) is 7.00. The third kappa shape index (κ3) is 5.18. The largest absolute Gasteiger partial charge is 0.501 e. The van der Waals surface area contributed by atoms with Crippen LogP contribution in [-0.4, -0.2) is 33.8 Å². The first-order valence-corrected chi connectivity index (χ1v) is 13.6. The van der Waals surface area contributed by atoms with Crippen LogP contribution in [0.4, 0.5) is 5.69 Å². The van der Waals surface area contributed by atoms with Gasteiger partial charge in [-0.25, -0.2) is 9.79 Å². The molecule has 1 aliphatic heterocycles. The molecule has 198 valence electrons. The molecular formula is C25H21Br2N3O7S. The van der Waals surface area contributed by atoms with Crippen molar-refractivity contribution in [2.24, 2.45) is 4.99 Å². The number of thiazole rings is 1. The summed E-state index contributed by atoms with van der Waals surface area (Å²) in [5.74, 6) is -0.671. The molecule has 2 aromatic carbocycles. The molecule has 0 saturated heterocycles.